The van der Waals surface area contributed by atoms with Crippen molar-refractivity contribution in [2.24, 2.45) is 0 Å². The van der Waals surface area contributed by atoms with Crippen LogP contribution in [-0.2, 0) is 13.3 Å². The molecule has 128 valence electrons. The van der Waals surface area contributed by atoms with Crippen LogP contribution in [0.2, 0.25) is 0 Å². The Morgan fingerprint density at radius 2 is 0.880 bits per heavy atom. The number of rotatable bonds is 8. The summed E-state index contributed by atoms with van der Waals surface area (Å²) in [5, 5.41) is 0. The molecule has 0 aromatic heterocycles. The Balaban J connectivity index is 1.94. The molecular weight excluding hydrogens is 427 g/mol. The molecule has 3 rings (SSSR count). The van der Waals surface area contributed by atoms with Gasteiger partial charge in [0.15, 0.2) is 0 Å². The first kappa shape index (κ1) is 18.6. The molecule has 0 aliphatic heterocycles. The average Bonchev–Trinajstić information content (AvgIpc) is 2.64. The molecule has 25 heavy (non-hydrogen) atoms. The summed E-state index contributed by atoms with van der Waals surface area (Å²) >= 11 is -2.51. The van der Waals surface area contributed by atoms with Crippen molar-refractivity contribution in [1.29, 1.82) is 0 Å². The van der Waals surface area contributed by atoms with Crippen molar-refractivity contribution in [2.45, 2.75) is 20.2 Å². The van der Waals surface area contributed by atoms with E-state index >= 15 is 0 Å². The topological polar surface area (TPSA) is 0 Å². The van der Waals surface area contributed by atoms with Gasteiger partial charge < -0.3 is 0 Å². The Hall–Kier alpha value is -1.19. The summed E-state index contributed by atoms with van der Waals surface area (Å²) in [6.07, 6.45) is 0. The molecule has 0 spiro atoms. The predicted octanol–water partition coefficient (Wildman–Crippen LogP) is 6.03. The van der Waals surface area contributed by atoms with Crippen LogP contribution in [0.4, 0.5) is 0 Å². The molecule has 0 saturated carbocycles. The van der Waals surface area contributed by atoms with Crippen LogP contribution >= 0.6 is 8.95 Å². The summed E-state index contributed by atoms with van der Waals surface area (Å²) in [7, 11) is 2.32. The van der Waals surface area contributed by atoms with Gasteiger partial charge in [0.1, 0.15) is 0 Å². The van der Waals surface area contributed by atoms with Gasteiger partial charge in [0.2, 0.25) is 0 Å². The summed E-state index contributed by atoms with van der Waals surface area (Å²) < 4.78 is 3.91. The van der Waals surface area contributed by atoms with Gasteiger partial charge in [-0.2, -0.15) is 0 Å². The summed E-state index contributed by atoms with van der Waals surface area (Å²) in [6.45, 7) is 2.33. The second-order valence-corrected chi connectivity index (χ2v) is 25.5. The molecule has 0 unspecified atom stereocenters. The molecular formula is C23H26SSn. The fourth-order valence-electron chi connectivity index (χ4n) is 3.55. The molecule has 0 radical (unpaired) electrons. The minimum absolute atomic E-state index is 1.22. The van der Waals surface area contributed by atoms with Gasteiger partial charge in [-0.1, -0.05) is 0 Å². The zero-order valence-electron chi connectivity index (χ0n) is 14.9. The van der Waals surface area contributed by atoms with Crippen LogP contribution in [0.15, 0.2) is 91.0 Å². The maximum atomic E-state index is 2.33. The van der Waals surface area contributed by atoms with Gasteiger partial charge in [-0.3, -0.25) is 0 Å². The van der Waals surface area contributed by atoms with E-state index in [0.29, 0.717) is 0 Å². The molecule has 0 amide bonds. The monoisotopic (exact) mass is 454 g/mol. The number of hydrogen-bond donors (Lipinski definition) is 0. The van der Waals surface area contributed by atoms with E-state index in [1.807, 2.05) is 0 Å². The Bertz CT molecular complexity index is 639. The van der Waals surface area contributed by atoms with Crippen LogP contribution in [0.5, 0.6) is 0 Å². The summed E-state index contributed by atoms with van der Waals surface area (Å²) in [6, 6.07) is 33.4. The van der Waals surface area contributed by atoms with Crippen molar-refractivity contribution in [3.05, 3.63) is 108 Å². The molecule has 0 fully saturated rings. The molecule has 0 aliphatic rings. The average molecular weight is 453 g/mol. The van der Waals surface area contributed by atoms with Crippen LogP contribution in [0, 0.1) is 0 Å². The number of benzene rings is 3. The summed E-state index contributed by atoms with van der Waals surface area (Å²) in [5.74, 6) is 1.22. The van der Waals surface area contributed by atoms with Gasteiger partial charge in [0.05, 0.1) is 0 Å². The molecule has 0 aliphatic carbocycles. The van der Waals surface area contributed by atoms with Crippen LogP contribution in [0.1, 0.15) is 23.6 Å². The van der Waals surface area contributed by atoms with Crippen molar-refractivity contribution >= 4 is 25.9 Å². The third-order valence-corrected chi connectivity index (χ3v) is 25.1. The standard InChI is InChI=1S/3C7H7.C2H6S.Sn/c3*1-7-5-3-2-4-6-7;1-2-3;/h3*2-6H,1H2;3H,2H2,1H3;/q;;;;+1/p-1. The second-order valence-electron chi connectivity index (χ2n) is 6.60. The van der Waals surface area contributed by atoms with Crippen molar-refractivity contribution in [2.75, 3.05) is 5.75 Å². The van der Waals surface area contributed by atoms with E-state index in [4.69, 9.17) is 0 Å². The SMILES string of the molecule is CC[S][Sn]([CH2]c1ccccc1)([CH2]c1ccccc1)[CH2]c1ccccc1. The van der Waals surface area contributed by atoms with Crippen molar-refractivity contribution in [3.8, 4) is 0 Å². The van der Waals surface area contributed by atoms with E-state index in [9.17, 15) is 0 Å². The number of hydrogen-bond acceptors (Lipinski definition) is 1. The van der Waals surface area contributed by atoms with Gasteiger partial charge in [0, 0.05) is 0 Å². The van der Waals surface area contributed by atoms with Gasteiger partial charge >= 0.3 is 160 Å². The van der Waals surface area contributed by atoms with E-state index in [0.717, 1.165) is 0 Å². The first-order chi connectivity index (χ1) is 12.3. The summed E-state index contributed by atoms with van der Waals surface area (Å²) in [5.41, 5.74) is 4.56. The van der Waals surface area contributed by atoms with Crippen molar-refractivity contribution < 1.29 is 0 Å². The molecule has 3 aromatic rings. The molecule has 0 heterocycles. The molecule has 0 bridgehead atoms. The van der Waals surface area contributed by atoms with Gasteiger partial charge in [0.25, 0.3) is 0 Å². The quantitative estimate of drug-likeness (QED) is 0.376. The third kappa shape index (κ3) is 5.65. The van der Waals surface area contributed by atoms with E-state index < -0.39 is 17.0 Å². The van der Waals surface area contributed by atoms with Gasteiger partial charge in [-0.15, -0.1) is 0 Å². The maximum absolute atomic E-state index is 2.51. The normalized spacial score (nSPS) is 11.4. The molecule has 0 N–H and O–H groups in total. The van der Waals surface area contributed by atoms with Gasteiger partial charge in [-0.05, 0) is 0 Å². The zero-order chi connectivity index (χ0) is 17.4. The van der Waals surface area contributed by atoms with E-state index in [1.54, 1.807) is 0 Å². The van der Waals surface area contributed by atoms with E-state index in [2.05, 4.69) is 107 Å². The van der Waals surface area contributed by atoms with E-state index in [1.165, 1.54) is 35.8 Å². The Morgan fingerprint density at radius 3 is 1.16 bits per heavy atom. The van der Waals surface area contributed by atoms with Crippen LogP contribution in [0.25, 0.3) is 0 Å². The second kappa shape index (κ2) is 9.49. The summed E-state index contributed by atoms with van der Waals surface area (Å²) in [4.78, 5) is 0. The Kier molecular flexibility index (Phi) is 7.06. The first-order valence-corrected chi connectivity index (χ1v) is 19.6. The predicted molar refractivity (Wildman–Crippen MR) is 114 cm³/mol. The van der Waals surface area contributed by atoms with Crippen molar-refractivity contribution in [3.63, 3.8) is 0 Å². The third-order valence-electron chi connectivity index (χ3n) is 4.56. The van der Waals surface area contributed by atoms with Crippen molar-refractivity contribution in [1.82, 2.24) is 0 Å². The zero-order valence-corrected chi connectivity index (χ0v) is 18.6. The molecule has 0 nitrogen and oxygen atoms in total. The molecule has 2 heteroatoms. The fourth-order valence-corrected chi connectivity index (χ4v) is 25.1. The van der Waals surface area contributed by atoms with Crippen LogP contribution in [0.3, 0.4) is 0 Å². The molecule has 0 atom stereocenters. The van der Waals surface area contributed by atoms with Crippen LogP contribution < -0.4 is 0 Å². The first-order valence-electron chi connectivity index (χ1n) is 9.05. The molecule has 0 saturated heterocycles. The fraction of sp³-hybridized carbons (Fsp3) is 0.217. The van der Waals surface area contributed by atoms with Gasteiger partial charge in [-0.25, -0.2) is 0 Å². The van der Waals surface area contributed by atoms with Crippen LogP contribution in [-0.4, -0.2) is 22.7 Å². The Labute approximate surface area is 159 Å². The molecule has 3 aromatic carbocycles. The van der Waals surface area contributed by atoms with E-state index in [-0.39, 0.29) is 0 Å². The Morgan fingerprint density at radius 1 is 0.560 bits per heavy atom. The minimum atomic E-state index is -2.51.